The van der Waals surface area contributed by atoms with Crippen LogP contribution in [0.2, 0.25) is 0 Å². The van der Waals surface area contributed by atoms with Crippen molar-refractivity contribution in [3.05, 3.63) is 53.6 Å². The monoisotopic (exact) mass is 468 g/mol. The fourth-order valence-corrected chi connectivity index (χ4v) is 3.39. The molecule has 1 N–H and O–H groups in total. The molecule has 0 aromatic heterocycles. The third kappa shape index (κ3) is 6.84. The van der Waals surface area contributed by atoms with Gasteiger partial charge < -0.3 is 19.5 Å². The summed E-state index contributed by atoms with van der Waals surface area (Å²) >= 11 is 0. The number of piperazine rings is 1. The topological polar surface area (TPSA) is 43.0 Å². The minimum Gasteiger partial charge on any atom is -0.497 e. The van der Waals surface area contributed by atoms with Crippen molar-refractivity contribution in [2.75, 3.05) is 40.4 Å². The Morgan fingerprint density at radius 2 is 1.37 bits per heavy atom. The first-order chi connectivity index (χ1) is 13.4. The first-order valence-electron chi connectivity index (χ1n) is 8.93. The molecule has 3 rings (SSSR count). The number of nitrogens with zero attached hydrogens (tertiary/aromatic N) is 1. The number of hydrogen-bond acceptors (Lipinski definition) is 5. The second kappa shape index (κ2) is 11.5. The van der Waals surface area contributed by atoms with Crippen molar-refractivity contribution in [1.29, 1.82) is 0 Å². The summed E-state index contributed by atoms with van der Waals surface area (Å²) in [5, 5.41) is 3.32. The molecule has 0 radical (unpaired) electrons. The Hall–Kier alpha value is -1.87. The molecular weight excluding hydrogens is 444 g/mol. The van der Waals surface area contributed by atoms with Crippen LogP contribution in [-0.2, 0) is 0 Å². The highest BCUT2D eigenvalue weighted by molar-refractivity contribution is 5.85. The lowest BCUT2D eigenvalue weighted by Crippen LogP contribution is -2.45. The third-order valence-corrected chi connectivity index (χ3v) is 4.64. The zero-order chi connectivity index (χ0) is 20.1. The molecule has 1 aliphatic rings. The molecule has 168 valence electrons. The summed E-state index contributed by atoms with van der Waals surface area (Å²) in [5.74, 6) is 1.08. The summed E-state index contributed by atoms with van der Waals surface area (Å²) in [5.41, 5.74) is 1.81. The van der Waals surface area contributed by atoms with E-state index in [1.54, 1.807) is 32.4 Å². The van der Waals surface area contributed by atoms with E-state index in [1.165, 1.54) is 12.1 Å². The molecule has 0 aliphatic carbocycles. The average molecular weight is 469 g/mol. The Labute approximate surface area is 186 Å². The number of ether oxygens (including phenoxy) is 3. The van der Waals surface area contributed by atoms with E-state index in [1.807, 2.05) is 12.1 Å². The van der Waals surface area contributed by atoms with Crippen molar-refractivity contribution in [1.82, 2.24) is 10.2 Å². The van der Waals surface area contributed by atoms with Crippen LogP contribution in [0.3, 0.4) is 0 Å². The quantitative estimate of drug-likeness (QED) is 0.678. The SMILES string of the molecule is COc1cc(OC)cc([C@@H](c2ccc(OC(F)(F)F)cc2)N2CCNCC2)c1.Cl.Cl. The molecule has 1 fully saturated rings. The Morgan fingerprint density at radius 3 is 1.83 bits per heavy atom. The Balaban J connectivity index is 0.00000225. The maximum atomic E-state index is 12.5. The highest BCUT2D eigenvalue weighted by atomic mass is 35.5. The summed E-state index contributed by atoms with van der Waals surface area (Å²) in [7, 11) is 3.17. The summed E-state index contributed by atoms with van der Waals surface area (Å²) in [6, 6.07) is 11.5. The highest BCUT2D eigenvalue weighted by Crippen LogP contribution is 2.35. The van der Waals surface area contributed by atoms with Crippen molar-refractivity contribution < 1.29 is 27.4 Å². The molecule has 5 nitrogen and oxygen atoms in total. The van der Waals surface area contributed by atoms with E-state index in [-0.39, 0.29) is 36.6 Å². The van der Waals surface area contributed by atoms with Crippen LogP contribution in [0.1, 0.15) is 17.2 Å². The number of methoxy groups -OCH3 is 2. The standard InChI is InChI=1S/C20H23F3N2O3.2ClH/c1-26-17-11-15(12-18(13-17)27-2)19(25-9-7-24-8-10-25)14-3-5-16(6-4-14)28-20(21,22)23;;/h3-6,11-13,19,24H,7-10H2,1-2H3;2*1H/t19-;;/m1../s1. The van der Waals surface area contributed by atoms with E-state index in [0.717, 1.165) is 37.3 Å². The zero-order valence-corrected chi connectivity index (χ0v) is 18.2. The predicted molar refractivity (Wildman–Crippen MR) is 113 cm³/mol. The number of rotatable bonds is 6. The smallest absolute Gasteiger partial charge is 0.497 e. The zero-order valence-electron chi connectivity index (χ0n) is 16.6. The molecule has 1 heterocycles. The fourth-order valence-electron chi connectivity index (χ4n) is 3.39. The molecule has 1 saturated heterocycles. The van der Waals surface area contributed by atoms with Crippen LogP contribution >= 0.6 is 24.8 Å². The lowest BCUT2D eigenvalue weighted by atomic mass is 9.95. The first kappa shape index (κ1) is 26.2. The summed E-state index contributed by atoms with van der Waals surface area (Å²) in [4.78, 5) is 2.28. The summed E-state index contributed by atoms with van der Waals surface area (Å²) in [6.45, 7) is 3.30. The van der Waals surface area contributed by atoms with Gasteiger partial charge in [-0.3, -0.25) is 4.90 Å². The maximum absolute atomic E-state index is 12.5. The van der Waals surface area contributed by atoms with Crippen LogP contribution in [-0.4, -0.2) is 51.7 Å². The van der Waals surface area contributed by atoms with Crippen molar-refractivity contribution >= 4 is 24.8 Å². The number of halogens is 5. The van der Waals surface area contributed by atoms with E-state index < -0.39 is 6.36 Å². The molecule has 1 atom stereocenters. The van der Waals surface area contributed by atoms with Gasteiger partial charge in [0.2, 0.25) is 0 Å². The molecule has 0 amide bonds. The van der Waals surface area contributed by atoms with Gasteiger partial charge in [-0.25, -0.2) is 0 Å². The minimum atomic E-state index is -4.71. The van der Waals surface area contributed by atoms with E-state index in [4.69, 9.17) is 9.47 Å². The molecule has 0 unspecified atom stereocenters. The van der Waals surface area contributed by atoms with E-state index in [9.17, 15) is 13.2 Å². The van der Waals surface area contributed by atoms with Gasteiger partial charge in [-0.1, -0.05) is 12.1 Å². The van der Waals surface area contributed by atoms with Crippen LogP contribution in [0.15, 0.2) is 42.5 Å². The summed E-state index contributed by atoms with van der Waals surface area (Å²) in [6.07, 6.45) is -4.71. The average Bonchev–Trinajstić information content (AvgIpc) is 2.69. The Kier molecular flexibility index (Phi) is 10.0. The third-order valence-electron chi connectivity index (χ3n) is 4.64. The van der Waals surface area contributed by atoms with Gasteiger partial charge in [0.1, 0.15) is 17.2 Å². The van der Waals surface area contributed by atoms with Gasteiger partial charge in [0, 0.05) is 32.2 Å². The lowest BCUT2D eigenvalue weighted by Gasteiger charge is -2.36. The van der Waals surface area contributed by atoms with Gasteiger partial charge in [-0.2, -0.15) is 0 Å². The number of benzene rings is 2. The molecule has 30 heavy (non-hydrogen) atoms. The van der Waals surface area contributed by atoms with Crippen molar-refractivity contribution in [2.45, 2.75) is 12.4 Å². The van der Waals surface area contributed by atoms with Gasteiger partial charge in [-0.15, -0.1) is 38.0 Å². The highest BCUT2D eigenvalue weighted by Gasteiger charge is 2.31. The molecule has 1 aliphatic heterocycles. The first-order valence-corrected chi connectivity index (χ1v) is 8.93. The van der Waals surface area contributed by atoms with Crippen LogP contribution in [0.5, 0.6) is 17.2 Å². The lowest BCUT2D eigenvalue weighted by molar-refractivity contribution is -0.274. The summed E-state index contributed by atoms with van der Waals surface area (Å²) < 4.78 is 52.1. The Bertz CT molecular complexity index is 764. The van der Waals surface area contributed by atoms with Gasteiger partial charge >= 0.3 is 6.36 Å². The van der Waals surface area contributed by atoms with Crippen LogP contribution in [0, 0.1) is 0 Å². The van der Waals surface area contributed by atoms with Crippen LogP contribution < -0.4 is 19.5 Å². The van der Waals surface area contributed by atoms with Crippen LogP contribution in [0.25, 0.3) is 0 Å². The van der Waals surface area contributed by atoms with Gasteiger partial charge in [-0.05, 0) is 35.4 Å². The van der Waals surface area contributed by atoms with Gasteiger partial charge in [0.05, 0.1) is 20.3 Å². The number of nitrogens with one attached hydrogen (secondary N) is 1. The van der Waals surface area contributed by atoms with E-state index in [0.29, 0.717) is 11.5 Å². The number of alkyl halides is 3. The predicted octanol–water partition coefficient (Wildman–Crippen LogP) is 4.44. The minimum absolute atomic E-state index is 0. The van der Waals surface area contributed by atoms with Crippen molar-refractivity contribution in [3.8, 4) is 17.2 Å². The van der Waals surface area contributed by atoms with Crippen molar-refractivity contribution in [3.63, 3.8) is 0 Å². The van der Waals surface area contributed by atoms with Crippen molar-refractivity contribution in [2.24, 2.45) is 0 Å². The van der Waals surface area contributed by atoms with E-state index in [2.05, 4.69) is 15.0 Å². The molecule has 2 aromatic rings. The maximum Gasteiger partial charge on any atom is 0.573 e. The second-order valence-electron chi connectivity index (χ2n) is 6.45. The molecule has 2 aromatic carbocycles. The molecule has 0 spiro atoms. The molecule has 0 bridgehead atoms. The molecule has 10 heteroatoms. The fraction of sp³-hybridized carbons (Fsp3) is 0.400. The van der Waals surface area contributed by atoms with E-state index >= 15 is 0 Å². The van der Waals surface area contributed by atoms with Gasteiger partial charge in [0.15, 0.2) is 0 Å². The van der Waals surface area contributed by atoms with Crippen LogP contribution in [0.4, 0.5) is 13.2 Å². The molecular formula is C20H25Cl2F3N2O3. The second-order valence-corrected chi connectivity index (χ2v) is 6.45. The largest absolute Gasteiger partial charge is 0.573 e. The number of hydrogen-bond donors (Lipinski definition) is 1. The Morgan fingerprint density at radius 1 is 0.833 bits per heavy atom. The normalized spacial score (nSPS) is 15.4. The van der Waals surface area contributed by atoms with Gasteiger partial charge in [0.25, 0.3) is 0 Å². The molecule has 0 saturated carbocycles.